The predicted molar refractivity (Wildman–Crippen MR) is 118 cm³/mol. The van der Waals surface area contributed by atoms with E-state index in [0.29, 0.717) is 30.3 Å². The maximum Gasteiger partial charge on any atom is 0.246 e. The van der Waals surface area contributed by atoms with E-state index in [9.17, 15) is 18.0 Å². The lowest BCUT2D eigenvalue weighted by Gasteiger charge is -2.29. The molecule has 2 aromatic rings. The highest BCUT2D eigenvalue weighted by Crippen LogP contribution is 2.37. The molecule has 30 heavy (non-hydrogen) atoms. The van der Waals surface area contributed by atoms with Crippen LogP contribution in [-0.2, 0) is 26.0 Å². The minimum Gasteiger partial charge on any atom is -0.301 e. The number of hydrogen-bond donors (Lipinski definition) is 1. The van der Waals surface area contributed by atoms with Crippen LogP contribution in [0.25, 0.3) is 0 Å². The third-order valence-corrected chi connectivity index (χ3v) is 8.61. The third-order valence-electron chi connectivity index (χ3n) is 4.53. The number of benzene rings is 1. The van der Waals surface area contributed by atoms with E-state index in [1.807, 2.05) is 6.92 Å². The topological polar surface area (TPSA) is 113 Å². The molecule has 1 aliphatic heterocycles. The van der Waals surface area contributed by atoms with E-state index in [-0.39, 0.29) is 23.1 Å². The highest BCUT2D eigenvalue weighted by molar-refractivity contribution is 8.00. The van der Waals surface area contributed by atoms with Crippen LogP contribution in [0.15, 0.2) is 28.0 Å². The minimum atomic E-state index is -3.68. The van der Waals surface area contributed by atoms with Gasteiger partial charge in [0.05, 0.1) is 16.3 Å². The van der Waals surface area contributed by atoms with Crippen molar-refractivity contribution in [2.45, 2.75) is 37.0 Å². The first-order valence-electron chi connectivity index (χ1n) is 9.49. The summed E-state index contributed by atoms with van der Waals surface area (Å²) in [5, 5.41) is 11.7. The van der Waals surface area contributed by atoms with E-state index in [4.69, 9.17) is 0 Å². The normalized spacial score (nSPS) is 14.1. The number of carbonyl (C=O) groups is 2. The summed E-state index contributed by atoms with van der Waals surface area (Å²) in [5.41, 5.74) is 0.422. The van der Waals surface area contributed by atoms with Gasteiger partial charge < -0.3 is 4.90 Å². The number of sulfonamides is 1. The van der Waals surface area contributed by atoms with Crippen molar-refractivity contribution in [2.24, 2.45) is 0 Å². The van der Waals surface area contributed by atoms with E-state index in [0.717, 1.165) is 9.90 Å². The number of nitrogens with one attached hydrogen (secondary N) is 1. The summed E-state index contributed by atoms with van der Waals surface area (Å²) in [6.07, 6.45) is 0.715. The second-order valence-corrected chi connectivity index (χ2v) is 10.4. The van der Waals surface area contributed by atoms with Crippen molar-refractivity contribution in [2.75, 3.05) is 35.6 Å². The predicted octanol–water partition coefficient (Wildman–Crippen LogP) is 2.21. The SMILES string of the molecule is CCc1nnc(NC(=O)CN2C(=O)CSc3ccc(S(=O)(=O)N(CC)CC)cc32)s1. The number of amides is 2. The first-order chi connectivity index (χ1) is 14.3. The van der Waals surface area contributed by atoms with Crippen molar-refractivity contribution in [3.8, 4) is 0 Å². The van der Waals surface area contributed by atoms with Gasteiger partial charge in [-0.3, -0.25) is 14.9 Å². The molecule has 162 valence electrons. The molecule has 0 saturated heterocycles. The van der Waals surface area contributed by atoms with Crippen LogP contribution in [0.3, 0.4) is 0 Å². The monoisotopic (exact) mass is 469 g/mol. The Balaban J connectivity index is 1.87. The summed E-state index contributed by atoms with van der Waals surface area (Å²) >= 11 is 2.60. The lowest BCUT2D eigenvalue weighted by molar-refractivity contribution is -0.120. The van der Waals surface area contributed by atoms with Gasteiger partial charge in [0.15, 0.2) is 0 Å². The smallest absolute Gasteiger partial charge is 0.246 e. The van der Waals surface area contributed by atoms with Gasteiger partial charge in [-0.15, -0.1) is 22.0 Å². The van der Waals surface area contributed by atoms with Crippen molar-refractivity contribution < 1.29 is 18.0 Å². The average Bonchev–Trinajstić information content (AvgIpc) is 3.18. The zero-order chi connectivity index (χ0) is 21.9. The quantitative estimate of drug-likeness (QED) is 0.631. The zero-order valence-corrected chi connectivity index (χ0v) is 19.4. The lowest BCUT2D eigenvalue weighted by atomic mass is 10.2. The van der Waals surface area contributed by atoms with E-state index in [1.165, 1.54) is 38.4 Å². The summed E-state index contributed by atoms with van der Waals surface area (Å²) in [6.45, 7) is 5.94. The molecule has 1 N–H and O–H groups in total. The third kappa shape index (κ3) is 4.66. The van der Waals surface area contributed by atoms with Crippen LogP contribution in [0.4, 0.5) is 10.8 Å². The fourth-order valence-corrected chi connectivity index (χ4v) is 6.07. The molecule has 0 aliphatic carbocycles. The summed E-state index contributed by atoms with van der Waals surface area (Å²) in [6, 6.07) is 4.70. The Kier molecular flexibility index (Phi) is 7.11. The first-order valence-corrected chi connectivity index (χ1v) is 12.7. The minimum absolute atomic E-state index is 0.0994. The van der Waals surface area contributed by atoms with Crippen molar-refractivity contribution >= 4 is 55.8 Å². The molecule has 0 atom stereocenters. The molecule has 0 bridgehead atoms. The van der Waals surface area contributed by atoms with Gasteiger partial charge in [0, 0.05) is 18.0 Å². The molecular formula is C18H23N5O4S3. The maximum atomic E-state index is 12.9. The molecule has 2 heterocycles. The molecule has 0 radical (unpaired) electrons. The van der Waals surface area contributed by atoms with Crippen molar-refractivity contribution in [1.82, 2.24) is 14.5 Å². The van der Waals surface area contributed by atoms with E-state index >= 15 is 0 Å². The number of rotatable bonds is 8. The molecule has 1 aromatic carbocycles. The molecule has 0 fully saturated rings. The second kappa shape index (κ2) is 9.41. The fraction of sp³-hybridized carbons (Fsp3) is 0.444. The van der Waals surface area contributed by atoms with Crippen LogP contribution in [-0.4, -0.2) is 60.1 Å². The summed E-state index contributed by atoms with van der Waals surface area (Å²) < 4.78 is 27.1. The molecule has 0 saturated carbocycles. The molecule has 12 heteroatoms. The summed E-state index contributed by atoms with van der Waals surface area (Å²) in [4.78, 5) is 27.2. The highest BCUT2D eigenvalue weighted by atomic mass is 32.2. The van der Waals surface area contributed by atoms with Crippen molar-refractivity contribution in [1.29, 1.82) is 0 Å². The number of hydrogen-bond acceptors (Lipinski definition) is 8. The molecule has 2 amide bonds. The van der Waals surface area contributed by atoms with Crippen LogP contribution in [0.5, 0.6) is 0 Å². The van der Waals surface area contributed by atoms with Crippen LogP contribution in [0, 0.1) is 0 Å². The van der Waals surface area contributed by atoms with Crippen LogP contribution in [0.1, 0.15) is 25.8 Å². The van der Waals surface area contributed by atoms with Gasteiger partial charge >= 0.3 is 0 Å². The zero-order valence-electron chi connectivity index (χ0n) is 16.9. The molecule has 0 unspecified atom stereocenters. The van der Waals surface area contributed by atoms with Gasteiger partial charge in [-0.25, -0.2) is 8.42 Å². The molecule has 1 aromatic heterocycles. The average molecular weight is 470 g/mol. The molecular weight excluding hydrogens is 446 g/mol. The Labute approximate surface area is 183 Å². The van der Waals surface area contributed by atoms with Gasteiger partial charge in [-0.1, -0.05) is 32.1 Å². The number of aryl methyl sites for hydroxylation is 1. The van der Waals surface area contributed by atoms with Gasteiger partial charge in [0.2, 0.25) is 27.0 Å². The van der Waals surface area contributed by atoms with Gasteiger partial charge in [0.1, 0.15) is 11.6 Å². The van der Waals surface area contributed by atoms with E-state index in [2.05, 4.69) is 15.5 Å². The lowest BCUT2D eigenvalue weighted by Crippen LogP contribution is -2.41. The van der Waals surface area contributed by atoms with Crippen molar-refractivity contribution in [3.05, 3.63) is 23.2 Å². The van der Waals surface area contributed by atoms with Crippen molar-refractivity contribution in [3.63, 3.8) is 0 Å². The summed E-state index contributed by atoms with van der Waals surface area (Å²) in [7, 11) is -3.68. The van der Waals surface area contributed by atoms with Crippen LogP contribution >= 0.6 is 23.1 Å². The summed E-state index contributed by atoms with van der Waals surface area (Å²) in [5.74, 6) is -0.496. The standard InChI is InChI=1S/C18H23N5O4S3/c1-4-16-20-21-18(29-16)19-15(24)10-23-13-9-12(30(26,27)22(5-2)6-3)7-8-14(13)28-11-17(23)25/h7-9H,4-6,10-11H2,1-3H3,(H,19,21,24). The molecule has 0 spiro atoms. The fourth-order valence-electron chi connectivity index (χ4n) is 2.98. The Morgan fingerprint density at radius 2 is 1.97 bits per heavy atom. The van der Waals surface area contributed by atoms with Crippen LogP contribution < -0.4 is 10.2 Å². The Bertz CT molecular complexity index is 1050. The largest absolute Gasteiger partial charge is 0.301 e. The number of nitrogens with zero attached hydrogens (tertiary/aromatic N) is 4. The number of fused-ring (bicyclic) bond motifs is 1. The number of carbonyl (C=O) groups excluding carboxylic acids is 2. The van der Waals surface area contributed by atoms with Gasteiger partial charge in [-0.2, -0.15) is 4.31 Å². The van der Waals surface area contributed by atoms with Gasteiger partial charge in [0.25, 0.3) is 0 Å². The Hall–Kier alpha value is -2.02. The molecule has 9 nitrogen and oxygen atoms in total. The molecule has 1 aliphatic rings. The number of anilines is 2. The Morgan fingerprint density at radius 1 is 1.23 bits per heavy atom. The second-order valence-electron chi connectivity index (χ2n) is 6.39. The Morgan fingerprint density at radius 3 is 2.60 bits per heavy atom. The maximum absolute atomic E-state index is 12.9. The number of thioether (sulfide) groups is 1. The van der Waals surface area contributed by atoms with Crippen LogP contribution in [0.2, 0.25) is 0 Å². The van der Waals surface area contributed by atoms with E-state index < -0.39 is 15.9 Å². The molecule has 3 rings (SSSR count). The first kappa shape index (κ1) is 22.7. The number of aromatic nitrogens is 2. The van der Waals surface area contributed by atoms with Gasteiger partial charge in [-0.05, 0) is 24.6 Å². The highest BCUT2D eigenvalue weighted by Gasteiger charge is 2.30. The van der Waals surface area contributed by atoms with E-state index in [1.54, 1.807) is 26.0 Å².